The van der Waals surface area contributed by atoms with E-state index in [0.29, 0.717) is 13.0 Å². The van der Waals surface area contributed by atoms with Gasteiger partial charge < -0.3 is 15.4 Å². The van der Waals surface area contributed by atoms with Crippen LogP contribution in [0.3, 0.4) is 0 Å². The second-order valence-corrected chi connectivity index (χ2v) is 4.70. The smallest absolute Gasteiger partial charge is 0.224 e. The van der Waals surface area contributed by atoms with E-state index in [0.717, 1.165) is 11.3 Å². The number of likely N-dealkylation sites (N-methyl/N-ethyl adjacent to an activating group) is 1. The summed E-state index contributed by atoms with van der Waals surface area (Å²) in [4.78, 5) is 11.5. The van der Waals surface area contributed by atoms with Crippen molar-refractivity contribution in [1.82, 2.24) is 5.32 Å². The van der Waals surface area contributed by atoms with E-state index in [9.17, 15) is 4.79 Å². The predicted octanol–water partition coefficient (Wildman–Crippen LogP) is 2.20. The summed E-state index contributed by atoms with van der Waals surface area (Å²) in [5, 5.41) is 6.16. The van der Waals surface area contributed by atoms with Crippen LogP contribution in [0.4, 0.5) is 5.69 Å². The number of anilines is 1. The molecule has 0 bridgehead atoms. The predicted molar refractivity (Wildman–Crippen MR) is 78.4 cm³/mol. The fraction of sp³-hybridized carbons (Fsp3) is 0.533. The lowest BCUT2D eigenvalue weighted by atomic mass is 10.1. The molecule has 0 fully saturated rings. The number of carbonyl (C=O) groups excluding carboxylic acids is 1. The topological polar surface area (TPSA) is 50.4 Å². The Kier molecular flexibility index (Phi) is 6.36. The van der Waals surface area contributed by atoms with Crippen LogP contribution in [0.25, 0.3) is 0 Å². The Morgan fingerprint density at radius 1 is 1.26 bits per heavy atom. The van der Waals surface area contributed by atoms with E-state index in [-0.39, 0.29) is 18.1 Å². The summed E-state index contributed by atoms with van der Waals surface area (Å²) in [6, 6.07) is 8.17. The van der Waals surface area contributed by atoms with Crippen LogP contribution in [0.1, 0.15) is 26.3 Å². The molecule has 0 aromatic heterocycles. The van der Waals surface area contributed by atoms with Crippen LogP contribution < -0.4 is 10.6 Å². The average molecular weight is 264 g/mol. The Morgan fingerprint density at radius 2 is 1.89 bits per heavy atom. The maximum atomic E-state index is 11.5. The largest absolute Gasteiger partial charge is 0.380 e. The highest BCUT2D eigenvalue weighted by Crippen LogP contribution is 2.13. The molecule has 0 saturated carbocycles. The molecular formula is C15H24N2O2. The molecule has 0 saturated heterocycles. The van der Waals surface area contributed by atoms with Gasteiger partial charge in [-0.1, -0.05) is 12.1 Å². The summed E-state index contributed by atoms with van der Waals surface area (Å²) < 4.78 is 5.27. The molecule has 0 aliphatic rings. The summed E-state index contributed by atoms with van der Waals surface area (Å²) in [5.41, 5.74) is 2.06. The molecule has 4 nitrogen and oxygen atoms in total. The normalized spacial score (nSPS) is 13.7. The number of nitrogens with one attached hydrogen (secondary N) is 2. The molecule has 1 aromatic carbocycles. The van der Waals surface area contributed by atoms with Gasteiger partial charge >= 0.3 is 0 Å². The second-order valence-electron chi connectivity index (χ2n) is 4.70. The third-order valence-corrected chi connectivity index (χ3v) is 3.16. The zero-order valence-corrected chi connectivity index (χ0v) is 12.2. The highest BCUT2D eigenvalue weighted by molar-refractivity contribution is 5.78. The minimum absolute atomic E-state index is 0.0598. The van der Waals surface area contributed by atoms with Gasteiger partial charge in [0, 0.05) is 25.4 Å². The summed E-state index contributed by atoms with van der Waals surface area (Å²) in [6.07, 6.45) is 0.577. The van der Waals surface area contributed by atoms with Gasteiger partial charge in [-0.2, -0.15) is 0 Å². The lowest BCUT2D eigenvalue weighted by Gasteiger charge is -2.21. The zero-order valence-electron chi connectivity index (χ0n) is 12.2. The first-order valence-corrected chi connectivity index (χ1v) is 6.71. The van der Waals surface area contributed by atoms with Crippen LogP contribution in [0, 0.1) is 0 Å². The maximum absolute atomic E-state index is 11.5. The molecule has 0 spiro atoms. The Labute approximate surface area is 115 Å². The van der Waals surface area contributed by atoms with Gasteiger partial charge in [-0.3, -0.25) is 4.79 Å². The van der Waals surface area contributed by atoms with Gasteiger partial charge in [0.1, 0.15) is 0 Å². The fourth-order valence-electron chi connectivity index (χ4n) is 1.75. The fourth-order valence-corrected chi connectivity index (χ4v) is 1.75. The van der Waals surface area contributed by atoms with Gasteiger partial charge in [0.05, 0.1) is 12.5 Å². The monoisotopic (exact) mass is 264 g/mol. The molecule has 2 N–H and O–H groups in total. The van der Waals surface area contributed by atoms with E-state index < -0.39 is 0 Å². The quantitative estimate of drug-likeness (QED) is 0.794. The lowest BCUT2D eigenvalue weighted by Crippen LogP contribution is -2.29. The third-order valence-electron chi connectivity index (χ3n) is 3.16. The van der Waals surface area contributed by atoms with E-state index in [1.807, 2.05) is 38.1 Å². The summed E-state index contributed by atoms with van der Waals surface area (Å²) in [6.45, 7) is 6.70. The minimum atomic E-state index is 0.0598. The van der Waals surface area contributed by atoms with Gasteiger partial charge in [0.15, 0.2) is 0 Å². The molecule has 106 valence electrons. The number of hydrogen-bond donors (Lipinski definition) is 2. The number of benzene rings is 1. The Morgan fingerprint density at radius 3 is 2.42 bits per heavy atom. The molecule has 4 heteroatoms. The van der Waals surface area contributed by atoms with Crippen molar-refractivity contribution in [3.8, 4) is 0 Å². The van der Waals surface area contributed by atoms with Crippen LogP contribution in [-0.4, -0.2) is 31.7 Å². The van der Waals surface area contributed by atoms with E-state index in [1.54, 1.807) is 7.11 Å². The van der Waals surface area contributed by atoms with Crippen molar-refractivity contribution in [2.45, 2.75) is 39.3 Å². The van der Waals surface area contributed by atoms with Crippen LogP contribution in [0.5, 0.6) is 0 Å². The van der Waals surface area contributed by atoms with E-state index in [1.165, 1.54) is 0 Å². The third kappa shape index (κ3) is 5.30. The van der Waals surface area contributed by atoms with Gasteiger partial charge in [-0.15, -0.1) is 0 Å². The summed E-state index contributed by atoms with van der Waals surface area (Å²) in [7, 11) is 1.71. The first-order valence-electron chi connectivity index (χ1n) is 6.71. The van der Waals surface area contributed by atoms with Crippen molar-refractivity contribution < 1.29 is 9.53 Å². The molecule has 0 aliphatic heterocycles. The van der Waals surface area contributed by atoms with Crippen LogP contribution in [-0.2, 0) is 16.0 Å². The molecule has 0 radical (unpaired) electrons. The molecular weight excluding hydrogens is 240 g/mol. The summed E-state index contributed by atoms with van der Waals surface area (Å²) >= 11 is 0. The molecule has 1 aromatic rings. The van der Waals surface area contributed by atoms with Crippen molar-refractivity contribution in [2.75, 3.05) is 19.0 Å². The van der Waals surface area contributed by atoms with Crippen molar-refractivity contribution in [3.05, 3.63) is 29.8 Å². The molecule has 2 atom stereocenters. The maximum Gasteiger partial charge on any atom is 0.224 e. The highest BCUT2D eigenvalue weighted by Gasteiger charge is 2.10. The van der Waals surface area contributed by atoms with Crippen molar-refractivity contribution in [2.24, 2.45) is 0 Å². The number of hydrogen-bond acceptors (Lipinski definition) is 3. The van der Waals surface area contributed by atoms with Crippen LogP contribution in [0.15, 0.2) is 24.3 Å². The van der Waals surface area contributed by atoms with Crippen molar-refractivity contribution in [3.63, 3.8) is 0 Å². The molecule has 2 unspecified atom stereocenters. The zero-order chi connectivity index (χ0) is 14.3. The van der Waals surface area contributed by atoms with Gasteiger partial charge in [0.2, 0.25) is 5.91 Å². The highest BCUT2D eigenvalue weighted by atomic mass is 16.5. The second kappa shape index (κ2) is 7.79. The van der Waals surface area contributed by atoms with E-state index in [4.69, 9.17) is 4.74 Å². The minimum Gasteiger partial charge on any atom is -0.380 e. The Hall–Kier alpha value is -1.55. The molecule has 1 amide bonds. The van der Waals surface area contributed by atoms with E-state index >= 15 is 0 Å². The van der Waals surface area contributed by atoms with Gasteiger partial charge in [-0.05, 0) is 38.5 Å². The average Bonchev–Trinajstić information content (AvgIpc) is 2.40. The number of rotatable bonds is 7. The standard InChI is InChI=1S/C15H24N2O2/c1-5-16-15(18)10-13-6-8-14(9-7-13)17-11(2)12(3)19-4/h6-9,11-12,17H,5,10H2,1-4H3,(H,16,18). The number of carbonyl (C=O) groups is 1. The first kappa shape index (κ1) is 15.5. The molecule has 0 heterocycles. The van der Waals surface area contributed by atoms with Crippen molar-refractivity contribution in [1.29, 1.82) is 0 Å². The summed E-state index contributed by atoms with van der Waals surface area (Å²) in [5.74, 6) is 0.0598. The van der Waals surface area contributed by atoms with E-state index in [2.05, 4.69) is 17.6 Å². The van der Waals surface area contributed by atoms with Crippen LogP contribution >= 0.6 is 0 Å². The first-order chi connectivity index (χ1) is 9.06. The van der Waals surface area contributed by atoms with Gasteiger partial charge in [-0.25, -0.2) is 0 Å². The van der Waals surface area contributed by atoms with Crippen LogP contribution in [0.2, 0.25) is 0 Å². The number of methoxy groups -OCH3 is 1. The molecule has 1 rings (SSSR count). The number of ether oxygens (including phenoxy) is 1. The SMILES string of the molecule is CCNC(=O)Cc1ccc(NC(C)C(C)OC)cc1. The van der Waals surface area contributed by atoms with Crippen molar-refractivity contribution >= 4 is 11.6 Å². The molecule has 19 heavy (non-hydrogen) atoms. The number of amides is 1. The Bertz CT molecular complexity index is 390. The van der Waals surface area contributed by atoms with Gasteiger partial charge in [0.25, 0.3) is 0 Å². The molecule has 0 aliphatic carbocycles. The lowest BCUT2D eigenvalue weighted by molar-refractivity contribution is -0.120. The Balaban J connectivity index is 2.54.